The first-order valence-electron chi connectivity index (χ1n) is 8.34. The Labute approximate surface area is 133 Å². The van der Waals surface area contributed by atoms with E-state index < -0.39 is 10.0 Å². The molecule has 2 aliphatic rings. The lowest BCUT2D eigenvalue weighted by Crippen LogP contribution is -2.33. The fourth-order valence-electron chi connectivity index (χ4n) is 3.64. The van der Waals surface area contributed by atoms with Gasteiger partial charge in [0.1, 0.15) is 0 Å². The molecule has 3 rings (SSSR count). The van der Waals surface area contributed by atoms with E-state index in [2.05, 4.69) is 4.72 Å². The van der Waals surface area contributed by atoms with Crippen molar-refractivity contribution in [3.63, 3.8) is 0 Å². The summed E-state index contributed by atoms with van der Waals surface area (Å²) in [6.45, 7) is 0.427. The van der Waals surface area contributed by atoms with Gasteiger partial charge >= 0.3 is 0 Å². The van der Waals surface area contributed by atoms with Gasteiger partial charge < -0.3 is 5.11 Å². The van der Waals surface area contributed by atoms with Crippen molar-refractivity contribution in [1.29, 1.82) is 0 Å². The summed E-state index contributed by atoms with van der Waals surface area (Å²) >= 11 is 0. The standard InChI is InChI=1S/C17H25NO3S/c19-16-7-3-4-13(10-16)12-18-22(20,21)17-9-8-14-5-1-2-6-15(14)11-17/h8-9,11,13,16,18-19H,1-7,10,12H2. The van der Waals surface area contributed by atoms with E-state index in [-0.39, 0.29) is 12.0 Å². The molecule has 2 N–H and O–H groups in total. The molecule has 0 radical (unpaired) electrons. The van der Waals surface area contributed by atoms with Gasteiger partial charge in [-0.05, 0) is 74.1 Å². The molecule has 1 saturated carbocycles. The molecule has 0 aliphatic heterocycles. The minimum atomic E-state index is -3.44. The Morgan fingerprint density at radius 2 is 1.86 bits per heavy atom. The van der Waals surface area contributed by atoms with Crippen LogP contribution in [0.25, 0.3) is 0 Å². The molecule has 1 aromatic rings. The molecule has 0 bridgehead atoms. The number of hydrogen-bond acceptors (Lipinski definition) is 3. The summed E-state index contributed by atoms with van der Waals surface area (Å²) in [5, 5.41) is 9.68. The van der Waals surface area contributed by atoms with Crippen LogP contribution in [-0.2, 0) is 22.9 Å². The molecule has 122 valence electrons. The average Bonchev–Trinajstić information content (AvgIpc) is 2.53. The highest BCUT2D eigenvalue weighted by atomic mass is 32.2. The normalized spacial score (nSPS) is 25.7. The molecule has 5 heteroatoms. The minimum absolute atomic E-state index is 0.246. The first-order chi connectivity index (χ1) is 10.5. The summed E-state index contributed by atoms with van der Waals surface area (Å²) < 4.78 is 27.7. The van der Waals surface area contributed by atoms with Crippen LogP contribution in [0, 0.1) is 5.92 Å². The zero-order chi connectivity index (χ0) is 15.6. The van der Waals surface area contributed by atoms with E-state index >= 15 is 0 Å². The van der Waals surface area contributed by atoms with Gasteiger partial charge in [-0.1, -0.05) is 12.5 Å². The SMILES string of the molecule is O=S(=O)(NCC1CCCC(O)C1)c1ccc2c(c1)CCCC2. The van der Waals surface area contributed by atoms with Crippen LogP contribution in [0.15, 0.2) is 23.1 Å². The van der Waals surface area contributed by atoms with E-state index in [9.17, 15) is 13.5 Å². The van der Waals surface area contributed by atoms with Crippen LogP contribution in [0.5, 0.6) is 0 Å². The molecule has 2 aliphatic carbocycles. The van der Waals surface area contributed by atoms with Crippen LogP contribution in [0.2, 0.25) is 0 Å². The lowest BCUT2D eigenvalue weighted by molar-refractivity contribution is 0.102. The molecular formula is C17H25NO3S. The van der Waals surface area contributed by atoms with Crippen LogP contribution in [0.3, 0.4) is 0 Å². The fourth-order valence-corrected chi connectivity index (χ4v) is 4.80. The number of benzene rings is 1. The summed E-state index contributed by atoms with van der Waals surface area (Å²) in [4.78, 5) is 0.379. The van der Waals surface area contributed by atoms with Gasteiger partial charge in [0.2, 0.25) is 10.0 Å². The summed E-state index contributed by atoms with van der Waals surface area (Å²) in [6.07, 6.45) is 7.62. The van der Waals surface area contributed by atoms with Crippen LogP contribution in [0.1, 0.15) is 49.7 Å². The quantitative estimate of drug-likeness (QED) is 0.894. The van der Waals surface area contributed by atoms with Crippen molar-refractivity contribution in [2.75, 3.05) is 6.54 Å². The topological polar surface area (TPSA) is 66.4 Å². The number of aliphatic hydroxyl groups excluding tert-OH is 1. The third-order valence-electron chi connectivity index (χ3n) is 4.95. The highest BCUT2D eigenvalue weighted by Gasteiger charge is 2.23. The monoisotopic (exact) mass is 323 g/mol. The van der Waals surface area contributed by atoms with Gasteiger partial charge in [0.25, 0.3) is 0 Å². The summed E-state index contributed by atoms with van der Waals surface area (Å²) in [7, 11) is -3.44. The molecule has 0 aromatic heterocycles. The maximum absolute atomic E-state index is 12.5. The van der Waals surface area contributed by atoms with Gasteiger partial charge in [-0.3, -0.25) is 0 Å². The number of sulfonamides is 1. The maximum atomic E-state index is 12.5. The molecular weight excluding hydrogens is 298 g/mol. The third-order valence-corrected chi connectivity index (χ3v) is 6.37. The second-order valence-electron chi connectivity index (χ2n) is 6.68. The van der Waals surface area contributed by atoms with E-state index in [1.165, 1.54) is 17.5 Å². The highest BCUT2D eigenvalue weighted by Crippen LogP contribution is 2.26. The zero-order valence-electron chi connectivity index (χ0n) is 12.9. The zero-order valence-corrected chi connectivity index (χ0v) is 13.7. The number of aryl methyl sites for hydroxylation is 2. The smallest absolute Gasteiger partial charge is 0.240 e. The van der Waals surface area contributed by atoms with Gasteiger partial charge in [-0.25, -0.2) is 13.1 Å². The summed E-state index contributed by atoms with van der Waals surface area (Å²) in [5.74, 6) is 0.246. The van der Waals surface area contributed by atoms with Gasteiger partial charge in [0.05, 0.1) is 11.0 Å². The number of fused-ring (bicyclic) bond motifs is 1. The van der Waals surface area contributed by atoms with E-state index in [4.69, 9.17) is 0 Å². The molecule has 1 fully saturated rings. The largest absolute Gasteiger partial charge is 0.393 e. The second kappa shape index (κ2) is 6.69. The van der Waals surface area contributed by atoms with Gasteiger partial charge in [0.15, 0.2) is 0 Å². The maximum Gasteiger partial charge on any atom is 0.240 e. The molecule has 4 nitrogen and oxygen atoms in total. The predicted molar refractivity (Wildman–Crippen MR) is 86.2 cm³/mol. The van der Waals surface area contributed by atoms with Crippen molar-refractivity contribution in [3.05, 3.63) is 29.3 Å². The van der Waals surface area contributed by atoms with Crippen molar-refractivity contribution in [2.45, 2.75) is 62.4 Å². The van der Waals surface area contributed by atoms with Gasteiger partial charge in [0, 0.05) is 6.54 Å². The molecule has 2 unspecified atom stereocenters. The Bertz CT molecular complexity index is 627. The van der Waals surface area contributed by atoms with Crippen LogP contribution in [0.4, 0.5) is 0 Å². The Balaban J connectivity index is 1.67. The Kier molecular flexibility index (Phi) is 4.85. The highest BCUT2D eigenvalue weighted by molar-refractivity contribution is 7.89. The first kappa shape index (κ1) is 16.0. The molecule has 2 atom stereocenters. The molecule has 22 heavy (non-hydrogen) atoms. The Morgan fingerprint density at radius 1 is 1.09 bits per heavy atom. The Hall–Kier alpha value is -0.910. The van der Waals surface area contributed by atoms with Crippen molar-refractivity contribution < 1.29 is 13.5 Å². The lowest BCUT2D eigenvalue weighted by atomic mass is 9.87. The third kappa shape index (κ3) is 3.70. The summed E-state index contributed by atoms with van der Waals surface area (Å²) in [5.41, 5.74) is 2.47. The van der Waals surface area contributed by atoms with Crippen LogP contribution in [-0.4, -0.2) is 26.2 Å². The van der Waals surface area contributed by atoms with Crippen LogP contribution >= 0.6 is 0 Å². The summed E-state index contributed by atoms with van der Waals surface area (Å²) in [6, 6.07) is 5.53. The minimum Gasteiger partial charge on any atom is -0.393 e. The second-order valence-corrected chi connectivity index (χ2v) is 8.44. The van der Waals surface area contributed by atoms with Gasteiger partial charge in [-0.15, -0.1) is 0 Å². The number of hydrogen-bond donors (Lipinski definition) is 2. The van der Waals surface area contributed by atoms with E-state index in [0.29, 0.717) is 17.9 Å². The van der Waals surface area contributed by atoms with Gasteiger partial charge in [-0.2, -0.15) is 0 Å². The van der Waals surface area contributed by atoms with E-state index in [1.807, 2.05) is 12.1 Å². The molecule has 0 spiro atoms. The van der Waals surface area contributed by atoms with E-state index in [1.54, 1.807) is 6.07 Å². The van der Waals surface area contributed by atoms with Crippen molar-refractivity contribution in [1.82, 2.24) is 4.72 Å². The number of rotatable bonds is 4. The Morgan fingerprint density at radius 3 is 2.64 bits per heavy atom. The molecule has 0 amide bonds. The number of aliphatic hydroxyl groups is 1. The fraction of sp³-hybridized carbons (Fsp3) is 0.647. The van der Waals surface area contributed by atoms with Crippen LogP contribution < -0.4 is 4.72 Å². The lowest BCUT2D eigenvalue weighted by Gasteiger charge is -2.26. The predicted octanol–water partition coefficient (Wildman–Crippen LogP) is 2.39. The molecule has 0 heterocycles. The molecule has 1 aromatic carbocycles. The van der Waals surface area contributed by atoms with Crippen molar-refractivity contribution in [3.8, 4) is 0 Å². The van der Waals surface area contributed by atoms with E-state index in [0.717, 1.165) is 38.5 Å². The average molecular weight is 323 g/mol. The van der Waals surface area contributed by atoms with Crippen molar-refractivity contribution in [2.24, 2.45) is 5.92 Å². The number of nitrogens with one attached hydrogen (secondary N) is 1. The van der Waals surface area contributed by atoms with Crippen molar-refractivity contribution >= 4 is 10.0 Å². The first-order valence-corrected chi connectivity index (χ1v) is 9.82. The molecule has 0 saturated heterocycles.